The molecule has 2 N–H and O–H groups in total. The zero-order valence-corrected chi connectivity index (χ0v) is 17.9. The number of rotatable bonds is 6. The highest BCUT2D eigenvalue weighted by atomic mass is 32.2. The first-order chi connectivity index (χ1) is 14.9. The van der Waals surface area contributed by atoms with Crippen molar-refractivity contribution in [1.29, 1.82) is 0 Å². The molecule has 3 aromatic rings. The number of phenols is 1. The van der Waals surface area contributed by atoms with Gasteiger partial charge < -0.3 is 10.2 Å². The fourth-order valence-corrected chi connectivity index (χ4v) is 5.18. The molecule has 31 heavy (non-hydrogen) atoms. The molecule has 1 amide bonds. The number of carbonyl (C=O) groups excluding carboxylic acids is 1. The van der Waals surface area contributed by atoms with Gasteiger partial charge in [0, 0.05) is 10.9 Å². The number of benzene rings is 3. The standard InChI is InChI=1S/C25H24FNO3S/c1-16-2-4-17(5-3-16)22(29)14-15-23-24(18-6-12-21(28)13-7-18)27(25(30)31-23)20-10-8-19(26)9-11-20/h2-13,22-24,28-29H,14-15H2,1H3. The van der Waals surface area contributed by atoms with E-state index in [0.717, 1.165) is 16.7 Å². The fourth-order valence-electron chi connectivity index (χ4n) is 3.93. The highest BCUT2D eigenvalue weighted by Crippen LogP contribution is 2.47. The number of carbonyl (C=O) groups is 1. The van der Waals surface area contributed by atoms with Gasteiger partial charge >= 0.3 is 0 Å². The number of aromatic hydroxyl groups is 1. The molecule has 0 radical (unpaired) electrons. The summed E-state index contributed by atoms with van der Waals surface area (Å²) in [5.41, 5.74) is 3.50. The number of nitrogens with zero attached hydrogens (tertiary/aromatic N) is 1. The van der Waals surface area contributed by atoms with Crippen LogP contribution in [-0.2, 0) is 0 Å². The van der Waals surface area contributed by atoms with Crippen molar-refractivity contribution < 1.29 is 19.4 Å². The average Bonchev–Trinajstić information content (AvgIpc) is 3.09. The van der Waals surface area contributed by atoms with Gasteiger partial charge in [0.15, 0.2) is 0 Å². The summed E-state index contributed by atoms with van der Waals surface area (Å²) in [5, 5.41) is 20.1. The van der Waals surface area contributed by atoms with Gasteiger partial charge in [0.2, 0.25) is 0 Å². The Labute approximate surface area is 185 Å². The first-order valence-electron chi connectivity index (χ1n) is 10.2. The third-order valence-corrected chi connectivity index (χ3v) is 6.80. The number of anilines is 1. The Morgan fingerprint density at radius 3 is 2.29 bits per heavy atom. The number of phenolic OH excluding ortho intramolecular Hbond substituents is 1. The van der Waals surface area contributed by atoms with Crippen LogP contribution in [0.15, 0.2) is 72.8 Å². The van der Waals surface area contributed by atoms with Crippen molar-refractivity contribution in [2.24, 2.45) is 0 Å². The quantitative estimate of drug-likeness (QED) is 0.486. The smallest absolute Gasteiger partial charge is 0.287 e. The Hall–Kier alpha value is -2.83. The van der Waals surface area contributed by atoms with Gasteiger partial charge in [-0.05, 0) is 67.3 Å². The van der Waals surface area contributed by atoms with Crippen molar-refractivity contribution in [3.05, 3.63) is 95.3 Å². The Kier molecular flexibility index (Phi) is 6.30. The summed E-state index contributed by atoms with van der Waals surface area (Å²) in [6.45, 7) is 2.00. The molecule has 1 aliphatic rings. The van der Waals surface area contributed by atoms with Crippen LogP contribution in [0.4, 0.5) is 14.9 Å². The maximum Gasteiger partial charge on any atom is 0.287 e. The normalized spacial score (nSPS) is 19.6. The Morgan fingerprint density at radius 1 is 1.00 bits per heavy atom. The number of hydrogen-bond acceptors (Lipinski definition) is 4. The molecule has 0 spiro atoms. The van der Waals surface area contributed by atoms with E-state index in [2.05, 4.69) is 0 Å². The second-order valence-electron chi connectivity index (χ2n) is 7.81. The number of halogens is 1. The molecule has 1 aliphatic heterocycles. The van der Waals surface area contributed by atoms with E-state index in [1.165, 1.54) is 23.9 Å². The third-order valence-electron chi connectivity index (χ3n) is 5.61. The lowest BCUT2D eigenvalue weighted by Crippen LogP contribution is -2.29. The molecule has 1 heterocycles. The van der Waals surface area contributed by atoms with E-state index in [-0.39, 0.29) is 28.1 Å². The first kappa shape index (κ1) is 21.4. The zero-order chi connectivity index (χ0) is 22.0. The van der Waals surface area contributed by atoms with Crippen LogP contribution in [0.5, 0.6) is 5.75 Å². The minimum absolute atomic E-state index is 0.0952. The summed E-state index contributed by atoms with van der Waals surface area (Å²) < 4.78 is 13.4. The van der Waals surface area contributed by atoms with Crippen LogP contribution < -0.4 is 4.90 Å². The lowest BCUT2D eigenvalue weighted by molar-refractivity contribution is 0.163. The molecule has 6 heteroatoms. The SMILES string of the molecule is Cc1ccc(C(O)CCC2SC(=O)N(c3ccc(F)cc3)C2c2ccc(O)cc2)cc1. The van der Waals surface area contributed by atoms with Crippen molar-refractivity contribution in [1.82, 2.24) is 0 Å². The molecular formula is C25H24FNO3S. The highest BCUT2D eigenvalue weighted by molar-refractivity contribution is 8.14. The molecule has 3 atom stereocenters. The zero-order valence-electron chi connectivity index (χ0n) is 17.1. The maximum atomic E-state index is 13.4. The number of aliphatic hydroxyl groups excluding tert-OH is 1. The summed E-state index contributed by atoms with van der Waals surface area (Å²) in [7, 11) is 0. The largest absolute Gasteiger partial charge is 0.508 e. The van der Waals surface area contributed by atoms with Gasteiger partial charge in [0.25, 0.3) is 5.24 Å². The molecule has 0 bridgehead atoms. The monoisotopic (exact) mass is 437 g/mol. The van der Waals surface area contributed by atoms with Gasteiger partial charge in [-0.2, -0.15) is 0 Å². The predicted molar refractivity (Wildman–Crippen MR) is 122 cm³/mol. The van der Waals surface area contributed by atoms with Crippen LogP contribution in [0.25, 0.3) is 0 Å². The van der Waals surface area contributed by atoms with Crippen LogP contribution in [0.1, 0.15) is 41.7 Å². The van der Waals surface area contributed by atoms with Gasteiger partial charge in [-0.3, -0.25) is 9.69 Å². The Morgan fingerprint density at radius 2 is 1.65 bits per heavy atom. The van der Waals surface area contributed by atoms with Crippen molar-refractivity contribution in [2.75, 3.05) is 4.90 Å². The Bertz CT molecular complexity index is 1040. The van der Waals surface area contributed by atoms with Crippen LogP contribution >= 0.6 is 11.8 Å². The molecule has 1 fully saturated rings. The van der Waals surface area contributed by atoms with Crippen molar-refractivity contribution in [3.8, 4) is 5.75 Å². The molecule has 0 aliphatic carbocycles. The summed E-state index contributed by atoms with van der Waals surface area (Å²) in [4.78, 5) is 14.6. The number of thioether (sulfide) groups is 1. The summed E-state index contributed by atoms with van der Waals surface area (Å²) >= 11 is 1.24. The topological polar surface area (TPSA) is 60.8 Å². The summed E-state index contributed by atoms with van der Waals surface area (Å²) in [5.74, 6) is -0.206. The number of aryl methyl sites for hydroxylation is 1. The number of hydrogen-bond donors (Lipinski definition) is 2. The van der Waals surface area contributed by atoms with E-state index in [9.17, 15) is 19.4 Å². The Balaban J connectivity index is 1.59. The van der Waals surface area contributed by atoms with Crippen molar-refractivity contribution in [3.63, 3.8) is 0 Å². The van der Waals surface area contributed by atoms with E-state index >= 15 is 0 Å². The molecule has 160 valence electrons. The van der Waals surface area contributed by atoms with Gasteiger partial charge in [-0.1, -0.05) is 53.7 Å². The molecule has 4 rings (SSSR count). The molecule has 0 aromatic heterocycles. The molecular weight excluding hydrogens is 413 g/mol. The van der Waals surface area contributed by atoms with E-state index in [4.69, 9.17) is 0 Å². The van der Waals surface area contributed by atoms with Crippen LogP contribution in [0.3, 0.4) is 0 Å². The molecule has 4 nitrogen and oxygen atoms in total. The molecule has 3 unspecified atom stereocenters. The minimum atomic E-state index is -0.614. The summed E-state index contributed by atoms with van der Waals surface area (Å²) in [6, 6.07) is 20.2. The van der Waals surface area contributed by atoms with Gasteiger partial charge in [0.1, 0.15) is 11.6 Å². The van der Waals surface area contributed by atoms with E-state index < -0.39 is 6.10 Å². The number of aliphatic hydroxyl groups is 1. The maximum absolute atomic E-state index is 13.4. The minimum Gasteiger partial charge on any atom is -0.508 e. The highest BCUT2D eigenvalue weighted by Gasteiger charge is 2.42. The van der Waals surface area contributed by atoms with Gasteiger partial charge in [-0.15, -0.1) is 0 Å². The predicted octanol–water partition coefficient (Wildman–Crippen LogP) is 6.14. The van der Waals surface area contributed by atoms with E-state index in [1.807, 2.05) is 31.2 Å². The first-order valence-corrected chi connectivity index (χ1v) is 11.1. The fraction of sp³-hybridized carbons (Fsp3) is 0.240. The molecule has 0 saturated carbocycles. The average molecular weight is 438 g/mol. The van der Waals surface area contributed by atoms with Crippen LogP contribution in [-0.4, -0.2) is 20.7 Å². The molecule has 3 aromatic carbocycles. The summed E-state index contributed by atoms with van der Waals surface area (Å²) in [6.07, 6.45) is 0.519. The van der Waals surface area contributed by atoms with Gasteiger partial charge in [-0.25, -0.2) is 4.39 Å². The third kappa shape index (κ3) is 4.75. The van der Waals surface area contributed by atoms with E-state index in [0.29, 0.717) is 18.5 Å². The number of amides is 1. The van der Waals surface area contributed by atoms with Crippen LogP contribution in [0.2, 0.25) is 0 Å². The second-order valence-corrected chi connectivity index (χ2v) is 9.00. The lowest BCUT2D eigenvalue weighted by atomic mass is 9.95. The van der Waals surface area contributed by atoms with Crippen molar-refractivity contribution in [2.45, 2.75) is 37.2 Å². The lowest BCUT2D eigenvalue weighted by Gasteiger charge is -2.28. The van der Waals surface area contributed by atoms with Crippen molar-refractivity contribution >= 4 is 22.7 Å². The van der Waals surface area contributed by atoms with Crippen LogP contribution in [0, 0.1) is 12.7 Å². The second kappa shape index (κ2) is 9.12. The molecule has 1 saturated heterocycles. The van der Waals surface area contributed by atoms with E-state index in [1.54, 1.807) is 41.3 Å². The van der Waals surface area contributed by atoms with Gasteiger partial charge in [0.05, 0.1) is 12.1 Å².